The second-order valence-corrected chi connectivity index (χ2v) is 10.2. The Morgan fingerprint density at radius 2 is 1.81 bits per heavy atom. The van der Waals surface area contributed by atoms with Crippen molar-refractivity contribution in [2.24, 2.45) is 5.92 Å². The molecule has 2 heterocycles. The highest BCUT2D eigenvalue weighted by atomic mass is 32.2. The highest BCUT2D eigenvalue weighted by Gasteiger charge is 2.38. The Labute approximate surface area is 181 Å². The highest BCUT2D eigenvalue weighted by Crippen LogP contribution is 2.35. The number of nitro benzene ring substituents is 1. The lowest BCUT2D eigenvalue weighted by Gasteiger charge is -2.34. The quantitative estimate of drug-likeness (QED) is 0.533. The molecule has 0 spiro atoms. The first-order chi connectivity index (χ1) is 14.7. The van der Waals surface area contributed by atoms with Gasteiger partial charge in [-0.15, -0.1) is 0 Å². The normalized spacial score (nSPS) is 19.9. The average molecular weight is 444 g/mol. The number of amides is 1. The minimum atomic E-state index is -3.87. The zero-order chi connectivity index (χ0) is 22.3. The number of nitro groups is 1. The predicted molar refractivity (Wildman–Crippen MR) is 116 cm³/mol. The van der Waals surface area contributed by atoms with Crippen LogP contribution in [0.15, 0.2) is 47.4 Å². The Hall–Kier alpha value is -2.78. The van der Waals surface area contributed by atoms with Crippen LogP contribution in [-0.4, -0.2) is 42.7 Å². The number of hydrogen-bond acceptors (Lipinski definition) is 5. The summed E-state index contributed by atoms with van der Waals surface area (Å²) in [5, 5.41) is 11.1. The van der Waals surface area contributed by atoms with Crippen molar-refractivity contribution < 1.29 is 18.1 Å². The van der Waals surface area contributed by atoms with Gasteiger partial charge in [0.25, 0.3) is 5.69 Å². The van der Waals surface area contributed by atoms with Gasteiger partial charge in [-0.2, -0.15) is 4.31 Å². The van der Waals surface area contributed by atoms with Crippen LogP contribution in [0.25, 0.3) is 0 Å². The van der Waals surface area contributed by atoms with Crippen molar-refractivity contribution in [2.75, 3.05) is 18.0 Å². The van der Waals surface area contributed by atoms with E-state index in [0.29, 0.717) is 18.4 Å². The maximum atomic E-state index is 13.3. The number of hydrogen-bond donors (Lipinski definition) is 0. The van der Waals surface area contributed by atoms with Gasteiger partial charge in [-0.05, 0) is 50.3 Å². The number of aryl methyl sites for hydroxylation is 1. The van der Waals surface area contributed by atoms with Gasteiger partial charge >= 0.3 is 0 Å². The molecule has 1 fully saturated rings. The molecule has 9 heteroatoms. The molecule has 2 aliphatic rings. The number of carbonyl (C=O) groups is 1. The molecule has 0 radical (unpaired) electrons. The maximum Gasteiger partial charge on any atom is 0.270 e. The van der Waals surface area contributed by atoms with Gasteiger partial charge in [0, 0.05) is 42.9 Å². The van der Waals surface area contributed by atoms with E-state index in [1.807, 2.05) is 36.1 Å². The summed E-state index contributed by atoms with van der Waals surface area (Å²) in [6, 6.07) is 11.8. The lowest BCUT2D eigenvalue weighted by Crippen LogP contribution is -2.46. The zero-order valence-electron chi connectivity index (χ0n) is 17.5. The molecule has 0 bridgehead atoms. The minimum Gasteiger partial charge on any atom is -0.309 e. The van der Waals surface area contributed by atoms with E-state index in [0.717, 1.165) is 23.7 Å². The summed E-state index contributed by atoms with van der Waals surface area (Å²) in [7, 11) is -3.87. The summed E-state index contributed by atoms with van der Waals surface area (Å²) in [6.07, 6.45) is 1.68. The number of fused-ring (bicyclic) bond motifs is 1. The van der Waals surface area contributed by atoms with E-state index in [1.54, 1.807) is 6.92 Å². The average Bonchev–Trinajstić information content (AvgIpc) is 3.09. The van der Waals surface area contributed by atoms with Crippen molar-refractivity contribution >= 4 is 27.3 Å². The lowest BCUT2D eigenvalue weighted by molar-refractivity contribution is -0.385. The summed E-state index contributed by atoms with van der Waals surface area (Å²) in [5.41, 5.74) is 2.31. The van der Waals surface area contributed by atoms with Crippen LogP contribution in [0.3, 0.4) is 0 Å². The number of non-ortho nitro benzene ring substituents is 1. The molecule has 0 saturated carbocycles. The second-order valence-electron chi connectivity index (χ2n) is 8.28. The molecule has 2 aromatic carbocycles. The molecule has 0 N–H and O–H groups in total. The first-order valence-corrected chi connectivity index (χ1v) is 11.8. The van der Waals surface area contributed by atoms with Crippen molar-refractivity contribution in [3.8, 4) is 0 Å². The van der Waals surface area contributed by atoms with Gasteiger partial charge in [-0.3, -0.25) is 14.9 Å². The van der Waals surface area contributed by atoms with Gasteiger partial charge in [0.05, 0.1) is 9.82 Å². The van der Waals surface area contributed by atoms with E-state index in [4.69, 9.17) is 0 Å². The third-order valence-electron chi connectivity index (χ3n) is 6.25. The van der Waals surface area contributed by atoms with Gasteiger partial charge in [-0.1, -0.05) is 24.3 Å². The Balaban J connectivity index is 1.50. The Morgan fingerprint density at radius 1 is 1.13 bits per heavy atom. The van der Waals surface area contributed by atoms with Crippen LogP contribution in [-0.2, 0) is 21.2 Å². The number of benzene rings is 2. The van der Waals surface area contributed by atoms with Crippen LogP contribution >= 0.6 is 0 Å². The van der Waals surface area contributed by atoms with E-state index in [1.165, 1.54) is 16.4 Å². The topological polar surface area (TPSA) is 101 Å². The molecule has 8 nitrogen and oxygen atoms in total. The van der Waals surface area contributed by atoms with Crippen molar-refractivity contribution in [3.05, 3.63) is 63.7 Å². The third kappa shape index (κ3) is 3.83. The van der Waals surface area contributed by atoms with Crippen molar-refractivity contribution in [1.82, 2.24) is 4.31 Å². The summed E-state index contributed by atoms with van der Waals surface area (Å²) in [4.78, 5) is 25.5. The summed E-state index contributed by atoms with van der Waals surface area (Å²) < 4.78 is 27.6. The Bertz CT molecular complexity index is 1140. The second kappa shape index (κ2) is 8.05. The molecule has 1 amide bonds. The molecule has 1 saturated heterocycles. The molecular weight excluding hydrogens is 418 g/mol. The zero-order valence-corrected chi connectivity index (χ0v) is 18.3. The molecule has 1 atom stereocenters. The van der Waals surface area contributed by atoms with Gasteiger partial charge in [0.2, 0.25) is 15.9 Å². The Morgan fingerprint density at radius 3 is 2.48 bits per heavy atom. The van der Waals surface area contributed by atoms with Crippen LogP contribution in [0, 0.1) is 23.0 Å². The van der Waals surface area contributed by atoms with Gasteiger partial charge in [0.15, 0.2) is 0 Å². The fraction of sp³-hybridized carbons (Fsp3) is 0.409. The fourth-order valence-corrected chi connectivity index (χ4v) is 6.27. The first kappa shape index (κ1) is 21.5. The van der Waals surface area contributed by atoms with Crippen LogP contribution in [0.4, 0.5) is 11.4 Å². The lowest BCUT2D eigenvalue weighted by atomic mass is 9.96. The van der Waals surface area contributed by atoms with E-state index >= 15 is 0 Å². The predicted octanol–water partition coefficient (Wildman–Crippen LogP) is 3.28. The van der Waals surface area contributed by atoms with E-state index in [9.17, 15) is 23.3 Å². The first-order valence-electron chi connectivity index (χ1n) is 10.4. The van der Waals surface area contributed by atoms with Gasteiger partial charge in [-0.25, -0.2) is 8.42 Å². The van der Waals surface area contributed by atoms with Crippen LogP contribution in [0.1, 0.15) is 30.9 Å². The molecule has 2 aromatic rings. The summed E-state index contributed by atoms with van der Waals surface area (Å²) in [5.74, 6) is -0.202. The van der Waals surface area contributed by atoms with Crippen molar-refractivity contribution in [2.45, 2.75) is 44.0 Å². The van der Waals surface area contributed by atoms with Crippen molar-refractivity contribution in [3.63, 3.8) is 0 Å². The van der Waals surface area contributed by atoms with E-state index in [-0.39, 0.29) is 41.5 Å². The molecule has 0 aromatic heterocycles. The van der Waals surface area contributed by atoms with Crippen LogP contribution in [0.2, 0.25) is 0 Å². The minimum absolute atomic E-state index is 0.0426. The van der Waals surface area contributed by atoms with E-state index in [2.05, 4.69) is 0 Å². The monoisotopic (exact) mass is 443 g/mol. The fourth-order valence-electron chi connectivity index (χ4n) is 4.56. The van der Waals surface area contributed by atoms with Gasteiger partial charge in [0.1, 0.15) is 0 Å². The van der Waals surface area contributed by atoms with Gasteiger partial charge < -0.3 is 4.90 Å². The number of sulfonamides is 1. The SMILES string of the molecule is Cc1ccc([N+](=O)[O-])cc1S(=O)(=O)N1CCC(C(=O)N2c3ccccc3CC2C)CC1. The molecule has 31 heavy (non-hydrogen) atoms. The smallest absolute Gasteiger partial charge is 0.270 e. The summed E-state index contributed by atoms with van der Waals surface area (Å²) in [6.45, 7) is 4.08. The number of carbonyl (C=O) groups excluding carboxylic acids is 1. The number of nitrogens with zero attached hydrogens (tertiary/aromatic N) is 3. The highest BCUT2D eigenvalue weighted by molar-refractivity contribution is 7.89. The maximum absolute atomic E-state index is 13.3. The number of para-hydroxylation sites is 1. The van der Waals surface area contributed by atoms with E-state index < -0.39 is 14.9 Å². The standard InChI is InChI=1S/C22H25N3O5S/c1-15-7-8-19(25(27)28)14-21(15)31(29,30)23-11-9-17(10-12-23)22(26)24-16(2)13-18-5-3-4-6-20(18)24/h3-8,14,16-17H,9-13H2,1-2H3. The molecule has 4 rings (SSSR count). The van der Waals surface area contributed by atoms with Crippen molar-refractivity contribution in [1.29, 1.82) is 0 Å². The number of piperidine rings is 1. The molecule has 164 valence electrons. The van der Waals surface area contributed by atoms with Crippen LogP contribution < -0.4 is 4.90 Å². The van der Waals surface area contributed by atoms with Crippen LogP contribution in [0.5, 0.6) is 0 Å². The molecule has 1 unspecified atom stereocenters. The molecular formula is C22H25N3O5S. The number of anilines is 1. The molecule has 0 aliphatic carbocycles. The number of rotatable bonds is 4. The Kier molecular flexibility index (Phi) is 5.57. The molecule has 2 aliphatic heterocycles. The summed E-state index contributed by atoms with van der Waals surface area (Å²) >= 11 is 0. The largest absolute Gasteiger partial charge is 0.309 e. The third-order valence-corrected chi connectivity index (χ3v) is 8.29.